The summed E-state index contributed by atoms with van der Waals surface area (Å²) >= 11 is 0. The molecule has 1 atom stereocenters. The summed E-state index contributed by atoms with van der Waals surface area (Å²) in [6, 6.07) is 6.06. The number of aromatic nitrogens is 1. The van der Waals surface area contributed by atoms with Gasteiger partial charge in [0.25, 0.3) is 5.91 Å². The van der Waals surface area contributed by atoms with Gasteiger partial charge in [-0.05, 0) is 37.8 Å². The van der Waals surface area contributed by atoms with E-state index in [-0.39, 0.29) is 17.6 Å². The molecule has 1 amide bonds. The first kappa shape index (κ1) is 16.9. The minimum absolute atomic E-state index is 0.111. The van der Waals surface area contributed by atoms with Crippen LogP contribution in [0.3, 0.4) is 0 Å². The summed E-state index contributed by atoms with van der Waals surface area (Å²) < 4.78 is 11.7. The number of likely N-dealkylation sites (tertiary alicyclic amines) is 1. The predicted molar refractivity (Wildman–Crippen MR) is 93.0 cm³/mol. The average Bonchev–Trinajstić information content (AvgIpc) is 3.18. The quantitative estimate of drug-likeness (QED) is 0.830. The molecule has 0 N–H and O–H groups in total. The zero-order valence-electron chi connectivity index (χ0n) is 14.7. The van der Waals surface area contributed by atoms with Crippen LogP contribution in [0.25, 0.3) is 0 Å². The van der Waals surface area contributed by atoms with Crippen LogP contribution < -0.4 is 0 Å². The van der Waals surface area contributed by atoms with E-state index in [2.05, 4.69) is 16.0 Å². The second kappa shape index (κ2) is 7.40. The number of rotatable bonds is 3. The summed E-state index contributed by atoms with van der Waals surface area (Å²) in [7, 11) is 0. The first-order valence-electron chi connectivity index (χ1n) is 9.41. The van der Waals surface area contributed by atoms with E-state index in [4.69, 9.17) is 9.47 Å². The van der Waals surface area contributed by atoms with E-state index >= 15 is 0 Å². The summed E-state index contributed by atoms with van der Waals surface area (Å²) in [5.41, 5.74) is 0.992. The molecule has 0 radical (unpaired) electrons. The smallest absolute Gasteiger partial charge is 0.251 e. The van der Waals surface area contributed by atoms with Crippen molar-refractivity contribution in [3.05, 3.63) is 30.1 Å². The number of hydrogen-bond donors (Lipinski definition) is 0. The molecule has 0 aliphatic carbocycles. The molecule has 0 unspecified atom stereocenters. The van der Waals surface area contributed by atoms with E-state index < -0.39 is 0 Å². The van der Waals surface area contributed by atoms with Crippen LogP contribution in [0.4, 0.5) is 0 Å². The van der Waals surface area contributed by atoms with Crippen LogP contribution in [0, 0.1) is 0 Å². The van der Waals surface area contributed by atoms with Crippen LogP contribution in [0.5, 0.6) is 0 Å². The number of pyridine rings is 1. The normalized spacial score (nSPS) is 26.9. The molecule has 6 heteroatoms. The van der Waals surface area contributed by atoms with Crippen molar-refractivity contribution in [3.8, 4) is 0 Å². The van der Waals surface area contributed by atoms with Crippen LogP contribution in [0.15, 0.2) is 24.4 Å². The van der Waals surface area contributed by atoms with Gasteiger partial charge >= 0.3 is 0 Å². The van der Waals surface area contributed by atoms with Crippen molar-refractivity contribution in [2.45, 2.75) is 43.9 Å². The van der Waals surface area contributed by atoms with E-state index in [1.54, 1.807) is 0 Å². The summed E-state index contributed by atoms with van der Waals surface area (Å²) in [6.45, 7) is 5.76. The molecule has 3 aliphatic heterocycles. The minimum atomic E-state index is -0.207. The summed E-state index contributed by atoms with van der Waals surface area (Å²) in [5.74, 6) is 0.175. The molecule has 1 aromatic heterocycles. The topological polar surface area (TPSA) is 54.9 Å². The monoisotopic (exact) mass is 345 g/mol. The summed E-state index contributed by atoms with van der Waals surface area (Å²) in [5, 5.41) is 0. The highest BCUT2D eigenvalue weighted by molar-refractivity contribution is 5.81. The molecule has 0 bridgehead atoms. The van der Waals surface area contributed by atoms with E-state index in [1.807, 2.05) is 23.2 Å². The third-order valence-corrected chi connectivity index (χ3v) is 5.63. The molecule has 1 aromatic rings. The van der Waals surface area contributed by atoms with Gasteiger partial charge in [0, 0.05) is 45.5 Å². The van der Waals surface area contributed by atoms with Crippen molar-refractivity contribution in [2.75, 3.05) is 39.4 Å². The molecule has 0 aromatic carbocycles. The Morgan fingerprint density at radius 3 is 2.84 bits per heavy atom. The number of nitrogens with zero attached hydrogens (tertiary/aromatic N) is 3. The highest BCUT2D eigenvalue weighted by Crippen LogP contribution is 2.31. The van der Waals surface area contributed by atoms with Gasteiger partial charge in [0.2, 0.25) is 0 Å². The second-order valence-corrected chi connectivity index (χ2v) is 7.39. The van der Waals surface area contributed by atoms with Gasteiger partial charge in [-0.3, -0.25) is 14.7 Å². The average molecular weight is 345 g/mol. The Bertz CT molecular complexity index is 581. The largest absolute Gasteiger partial charge is 0.372 e. The van der Waals surface area contributed by atoms with Crippen LogP contribution in [0.1, 0.15) is 31.4 Å². The number of amides is 1. The van der Waals surface area contributed by atoms with Crippen molar-refractivity contribution in [3.63, 3.8) is 0 Å². The van der Waals surface area contributed by atoms with Crippen molar-refractivity contribution in [2.24, 2.45) is 0 Å². The maximum atomic E-state index is 12.5. The maximum absolute atomic E-state index is 12.5. The van der Waals surface area contributed by atoms with E-state index in [9.17, 15) is 4.79 Å². The predicted octanol–water partition coefficient (Wildman–Crippen LogP) is 1.45. The molecule has 4 heterocycles. The van der Waals surface area contributed by atoms with Crippen LogP contribution in [0.2, 0.25) is 0 Å². The van der Waals surface area contributed by atoms with Crippen LogP contribution >= 0.6 is 0 Å². The first-order chi connectivity index (χ1) is 12.2. The van der Waals surface area contributed by atoms with Gasteiger partial charge in [-0.25, -0.2) is 0 Å². The molecule has 25 heavy (non-hydrogen) atoms. The number of piperidine rings is 1. The Hall–Kier alpha value is -1.50. The minimum Gasteiger partial charge on any atom is -0.372 e. The zero-order chi connectivity index (χ0) is 17.1. The van der Waals surface area contributed by atoms with Gasteiger partial charge in [-0.15, -0.1) is 0 Å². The molecular formula is C19H27N3O3. The van der Waals surface area contributed by atoms with Gasteiger partial charge in [0.05, 0.1) is 17.9 Å². The molecule has 3 saturated heterocycles. The number of hydrogen-bond acceptors (Lipinski definition) is 5. The Morgan fingerprint density at radius 2 is 2.12 bits per heavy atom. The molecule has 3 aliphatic rings. The number of morpholine rings is 1. The molecular weight excluding hydrogens is 318 g/mol. The zero-order valence-corrected chi connectivity index (χ0v) is 14.7. The Kier molecular flexibility index (Phi) is 5.01. The fourth-order valence-electron chi connectivity index (χ4n) is 4.19. The number of carbonyl (C=O) groups excluding carboxylic acids is 1. The summed E-state index contributed by atoms with van der Waals surface area (Å²) in [6.07, 6.45) is 5.32. The Morgan fingerprint density at radius 1 is 1.24 bits per heavy atom. The summed E-state index contributed by atoms with van der Waals surface area (Å²) in [4.78, 5) is 21.4. The molecule has 0 saturated carbocycles. The lowest BCUT2D eigenvalue weighted by Crippen LogP contribution is -2.58. The van der Waals surface area contributed by atoms with Crippen molar-refractivity contribution in [1.29, 1.82) is 0 Å². The van der Waals surface area contributed by atoms with Gasteiger partial charge in [0.1, 0.15) is 6.10 Å². The maximum Gasteiger partial charge on any atom is 0.251 e. The van der Waals surface area contributed by atoms with Crippen LogP contribution in [-0.4, -0.2) is 71.8 Å². The highest BCUT2D eigenvalue weighted by atomic mass is 16.5. The van der Waals surface area contributed by atoms with Gasteiger partial charge < -0.3 is 14.4 Å². The number of carbonyl (C=O) groups is 1. The van der Waals surface area contributed by atoms with Crippen molar-refractivity contribution < 1.29 is 14.3 Å². The molecule has 3 fully saturated rings. The van der Waals surface area contributed by atoms with Crippen LogP contribution in [-0.2, 0) is 20.8 Å². The van der Waals surface area contributed by atoms with E-state index in [0.717, 1.165) is 77.3 Å². The van der Waals surface area contributed by atoms with Crippen molar-refractivity contribution >= 4 is 5.91 Å². The third kappa shape index (κ3) is 3.86. The third-order valence-electron chi connectivity index (χ3n) is 5.63. The lowest BCUT2D eigenvalue weighted by atomic mass is 9.89. The number of ether oxygens (including phenoxy) is 2. The fourth-order valence-corrected chi connectivity index (χ4v) is 4.19. The molecule has 1 spiro atoms. The lowest BCUT2D eigenvalue weighted by Gasteiger charge is -2.47. The van der Waals surface area contributed by atoms with Gasteiger partial charge in [-0.1, -0.05) is 6.07 Å². The standard InChI is InChI=1S/C19H27N3O3/c23-18(17-5-3-12-24-17)22-9-6-19(7-10-22)15-21(11-13-25-19)14-16-4-1-2-8-20-16/h1-2,4,8,17H,3,5-7,9-15H2/t17-/m0/s1. The van der Waals surface area contributed by atoms with Crippen molar-refractivity contribution in [1.82, 2.24) is 14.8 Å². The van der Waals surface area contributed by atoms with Gasteiger partial charge in [-0.2, -0.15) is 0 Å². The molecule has 136 valence electrons. The lowest BCUT2D eigenvalue weighted by molar-refractivity contribution is -0.157. The first-order valence-corrected chi connectivity index (χ1v) is 9.41. The molecule has 4 rings (SSSR count). The molecule has 6 nitrogen and oxygen atoms in total. The van der Waals surface area contributed by atoms with E-state index in [0.29, 0.717) is 0 Å². The second-order valence-electron chi connectivity index (χ2n) is 7.39. The Labute approximate surface area is 149 Å². The highest BCUT2D eigenvalue weighted by Gasteiger charge is 2.41. The van der Waals surface area contributed by atoms with Gasteiger partial charge in [0.15, 0.2) is 0 Å². The Balaban J connectivity index is 1.33. The SMILES string of the molecule is O=C([C@@H]1CCCO1)N1CCC2(CC1)CN(Cc1ccccn1)CCO2. The fraction of sp³-hybridized carbons (Fsp3) is 0.684. The van der Waals surface area contributed by atoms with E-state index in [1.165, 1.54) is 0 Å².